The molecular formula is C15H25NOS. The normalized spacial score (nSPS) is 18.4. The van der Waals surface area contributed by atoms with E-state index in [4.69, 9.17) is 4.74 Å². The van der Waals surface area contributed by atoms with Crippen molar-refractivity contribution in [2.75, 3.05) is 20.8 Å². The van der Waals surface area contributed by atoms with E-state index in [1.807, 2.05) is 11.3 Å². The third-order valence-corrected chi connectivity index (χ3v) is 5.30. The summed E-state index contributed by atoms with van der Waals surface area (Å²) < 4.78 is 5.20. The van der Waals surface area contributed by atoms with E-state index < -0.39 is 0 Å². The first kappa shape index (κ1) is 14.0. The van der Waals surface area contributed by atoms with Crippen LogP contribution in [0.15, 0.2) is 6.07 Å². The summed E-state index contributed by atoms with van der Waals surface area (Å²) in [5.74, 6) is 0.620. The van der Waals surface area contributed by atoms with Crippen LogP contribution in [0.25, 0.3) is 0 Å². The summed E-state index contributed by atoms with van der Waals surface area (Å²) in [6, 6.07) is 2.93. The van der Waals surface area contributed by atoms with Crippen LogP contribution in [0.4, 0.5) is 0 Å². The molecule has 0 saturated heterocycles. The van der Waals surface area contributed by atoms with Gasteiger partial charge < -0.3 is 10.1 Å². The molecule has 102 valence electrons. The first-order valence-corrected chi connectivity index (χ1v) is 7.85. The molecule has 0 aliphatic heterocycles. The smallest absolute Gasteiger partial charge is 0.0465 e. The van der Waals surface area contributed by atoms with Crippen LogP contribution >= 0.6 is 11.3 Å². The molecule has 2 unspecified atom stereocenters. The Bertz CT molecular complexity index is 351. The summed E-state index contributed by atoms with van der Waals surface area (Å²) in [7, 11) is 3.86. The number of fused-ring (bicyclic) bond motifs is 1. The lowest BCUT2D eigenvalue weighted by Crippen LogP contribution is -2.23. The van der Waals surface area contributed by atoms with E-state index in [0.29, 0.717) is 12.0 Å². The fourth-order valence-electron chi connectivity index (χ4n) is 2.84. The minimum absolute atomic E-state index is 0.482. The van der Waals surface area contributed by atoms with Crippen molar-refractivity contribution in [2.24, 2.45) is 5.92 Å². The van der Waals surface area contributed by atoms with Crippen molar-refractivity contribution in [2.45, 2.75) is 45.1 Å². The Kier molecular flexibility index (Phi) is 5.22. The maximum absolute atomic E-state index is 5.20. The Labute approximate surface area is 115 Å². The summed E-state index contributed by atoms with van der Waals surface area (Å²) in [6.45, 7) is 3.17. The molecule has 0 aromatic carbocycles. The molecule has 2 nitrogen and oxygen atoms in total. The van der Waals surface area contributed by atoms with Crippen molar-refractivity contribution < 1.29 is 4.74 Å². The van der Waals surface area contributed by atoms with E-state index >= 15 is 0 Å². The summed E-state index contributed by atoms with van der Waals surface area (Å²) >= 11 is 2.03. The zero-order chi connectivity index (χ0) is 13.0. The van der Waals surface area contributed by atoms with E-state index in [1.54, 1.807) is 17.6 Å². The van der Waals surface area contributed by atoms with Crippen LogP contribution in [0, 0.1) is 5.92 Å². The topological polar surface area (TPSA) is 21.3 Å². The van der Waals surface area contributed by atoms with Gasteiger partial charge in [0.15, 0.2) is 0 Å². The zero-order valence-electron chi connectivity index (χ0n) is 11.8. The van der Waals surface area contributed by atoms with Crippen LogP contribution in [0.3, 0.4) is 0 Å². The molecule has 0 fully saturated rings. The van der Waals surface area contributed by atoms with E-state index in [9.17, 15) is 0 Å². The monoisotopic (exact) mass is 267 g/mol. The molecule has 0 spiro atoms. The molecule has 1 N–H and O–H groups in total. The fourth-order valence-corrected chi connectivity index (χ4v) is 4.35. The number of nitrogens with one attached hydrogen (secondary N) is 1. The molecule has 0 radical (unpaired) electrons. The summed E-state index contributed by atoms with van der Waals surface area (Å²) in [5, 5.41) is 3.49. The predicted molar refractivity (Wildman–Crippen MR) is 78.4 cm³/mol. The Morgan fingerprint density at radius 3 is 2.83 bits per heavy atom. The van der Waals surface area contributed by atoms with E-state index in [0.717, 1.165) is 13.0 Å². The van der Waals surface area contributed by atoms with Crippen molar-refractivity contribution >= 4 is 11.3 Å². The van der Waals surface area contributed by atoms with Crippen LogP contribution in [0.1, 0.15) is 47.5 Å². The van der Waals surface area contributed by atoms with E-state index in [1.165, 1.54) is 30.6 Å². The molecule has 1 aliphatic carbocycles. The zero-order valence-corrected chi connectivity index (χ0v) is 12.6. The Balaban J connectivity index is 2.09. The lowest BCUT2D eigenvalue weighted by molar-refractivity contribution is 0.171. The fraction of sp³-hybridized carbons (Fsp3) is 0.733. The molecule has 0 saturated carbocycles. The molecule has 2 rings (SSSR count). The van der Waals surface area contributed by atoms with Gasteiger partial charge in [0, 0.05) is 29.5 Å². The second kappa shape index (κ2) is 6.69. The van der Waals surface area contributed by atoms with Crippen molar-refractivity contribution in [3.63, 3.8) is 0 Å². The van der Waals surface area contributed by atoms with E-state index in [2.05, 4.69) is 25.4 Å². The molecule has 3 heteroatoms. The van der Waals surface area contributed by atoms with Crippen LogP contribution in [0.5, 0.6) is 0 Å². The lowest BCUT2D eigenvalue weighted by Gasteiger charge is -2.22. The first-order chi connectivity index (χ1) is 8.76. The van der Waals surface area contributed by atoms with Crippen LogP contribution in [-0.4, -0.2) is 20.8 Å². The lowest BCUT2D eigenvalue weighted by atomic mass is 9.95. The molecule has 1 aromatic rings. The van der Waals surface area contributed by atoms with Gasteiger partial charge >= 0.3 is 0 Å². The highest BCUT2D eigenvalue weighted by molar-refractivity contribution is 7.12. The molecule has 0 amide bonds. The standard InChI is InChI=1S/C15H25NOS/c1-11(8-9-17-3)15(16-2)14-10-12-6-4-5-7-13(12)18-14/h10-11,15-16H,4-9H2,1-3H3. The van der Waals surface area contributed by atoms with Gasteiger partial charge in [-0.25, -0.2) is 0 Å². The molecule has 1 heterocycles. The number of ether oxygens (including phenoxy) is 1. The van der Waals surface area contributed by atoms with Crippen LogP contribution in [-0.2, 0) is 17.6 Å². The van der Waals surface area contributed by atoms with Gasteiger partial charge in [0.2, 0.25) is 0 Å². The minimum atomic E-state index is 0.482. The minimum Gasteiger partial charge on any atom is -0.385 e. The van der Waals surface area contributed by atoms with Crippen LogP contribution in [0.2, 0.25) is 0 Å². The predicted octanol–water partition coefficient (Wildman–Crippen LogP) is 3.56. The quantitative estimate of drug-likeness (QED) is 0.851. The molecule has 2 atom stereocenters. The Morgan fingerprint density at radius 1 is 1.39 bits per heavy atom. The average molecular weight is 267 g/mol. The van der Waals surface area contributed by atoms with Gasteiger partial charge in [0.05, 0.1) is 0 Å². The van der Waals surface area contributed by atoms with Crippen molar-refractivity contribution in [1.29, 1.82) is 0 Å². The first-order valence-electron chi connectivity index (χ1n) is 7.04. The maximum Gasteiger partial charge on any atom is 0.0465 e. The second-order valence-corrected chi connectivity index (χ2v) is 6.50. The number of hydrogen-bond donors (Lipinski definition) is 1. The maximum atomic E-state index is 5.20. The number of hydrogen-bond acceptors (Lipinski definition) is 3. The highest BCUT2D eigenvalue weighted by Gasteiger charge is 2.22. The molecule has 18 heavy (non-hydrogen) atoms. The van der Waals surface area contributed by atoms with Crippen molar-refractivity contribution in [3.05, 3.63) is 21.4 Å². The third-order valence-electron chi connectivity index (χ3n) is 3.98. The Hall–Kier alpha value is -0.380. The van der Waals surface area contributed by atoms with Crippen molar-refractivity contribution in [1.82, 2.24) is 5.32 Å². The van der Waals surface area contributed by atoms with Crippen LogP contribution < -0.4 is 5.32 Å². The van der Waals surface area contributed by atoms with Gasteiger partial charge in [0.1, 0.15) is 0 Å². The van der Waals surface area contributed by atoms with Gasteiger partial charge in [-0.3, -0.25) is 0 Å². The number of aryl methyl sites for hydroxylation is 2. The molecular weight excluding hydrogens is 242 g/mol. The second-order valence-electron chi connectivity index (χ2n) is 5.33. The van der Waals surface area contributed by atoms with Gasteiger partial charge in [-0.1, -0.05) is 6.92 Å². The van der Waals surface area contributed by atoms with E-state index in [-0.39, 0.29) is 0 Å². The SMILES string of the molecule is CNC(c1cc2c(s1)CCCC2)C(C)CCOC. The number of methoxy groups -OCH3 is 1. The summed E-state index contributed by atoms with van der Waals surface area (Å²) in [4.78, 5) is 3.16. The van der Waals surface area contributed by atoms with Gasteiger partial charge in [-0.15, -0.1) is 11.3 Å². The summed E-state index contributed by atoms with van der Waals surface area (Å²) in [5.41, 5.74) is 1.61. The molecule has 1 aliphatic rings. The highest BCUT2D eigenvalue weighted by atomic mass is 32.1. The highest BCUT2D eigenvalue weighted by Crippen LogP contribution is 2.36. The van der Waals surface area contributed by atoms with Gasteiger partial charge in [0.25, 0.3) is 0 Å². The van der Waals surface area contributed by atoms with Crippen molar-refractivity contribution in [3.8, 4) is 0 Å². The number of thiophene rings is 1. The van der Waals surface area contributed by atoms with Gasteiger partial charge in [-0.2, -0.15) is 0 Å². The summed E-state index contributed by atoms with van der Waals surface area (Å²) in [6.07, 6.45) is 6.44. The van der Waals surface area contributed by atoms with Gasteiger partial charge in [-0.05, 0) is 56.7 Å². The molecule has 1 aromatic heterocycles. The Morgan fingerprint density at radius 2 is 2.17 bits per heavy atom. The third kappa shape index (κ3) is 3.14. The molecule has 0 bridgehead atoms. The average Bonchev–Trinajstić information content (AvgIpc) is 2.80. The largest absolute Gasteiger partial charge is 0.385 e. The number of rotatable bonds is 6.